The zero-order chi connectivity index (χ0) is 16.4. The van der Waals surface area contributed by atoms with Crippen LogP contribution in [0, 0.1) is 13.8 Å². The molecule has 1 aromatic heterocycles. The number of nitrogens with one attached hydrogen (secondary N) is 2. The Labute approximate surface area is 136 Å². The largest absolute Gasteiger partial charge is 0.380 e. The molecule has 0 radical (unpaired) electrons. The van der Waals surface area contributed by atoms with Gasteiger partial charge in [0.1, 0.15) is 5.82 Å². The van der Waals surface area contributed by atoms with Crippen molar-refractivity contribution in [3.05, 3.63) is 17.1 Å². The van der Waals surface area contributed by atoms with E-state index in [1.165, 1.54) is 0 Å². The van der Waals surface area contributed by atoms with Crippen molar-refractivity contribution in [3.8, 4) is 0 Å². The highest BCUT2D eigenvalue weighted by molar-refractivity contribution is 5.90. The van der Waals surface area contributed by atoms with Crippen molar-refractivity contribution in [3.63, 3.8) is 0 Å². The first-order chi connectivity index (χ1) is 11.1. The molecule has 7 heteroatoms. The van der Waals surface area contributed by atoms with Crippen LogP contribution in [0.2, 0.25) is 0 Å². The van der Waals surface area contributed by atoms with Crippen LogP contribution in [0.4, 0.5) is 5.82 Å². The number of hydrogen-bond acceptors (Lipinski definition) is 6. The van der Waals surface area contributed by atoms with E-state index in [1.54, 1.807) is 7.05 Å². The molecule has 2 atom stereocenters. The number of aryl methyl sites for hydroxylation is 1. The standard InChI is InChI=1S/C16H25N5O2/c1-10-11(2)18-14(16(22)17-3)20-15(10)21-6-4-12(8-21)19-13-5-7-23-9-13/h12-13,19H,4-9H2,1-3H3,(H,17,22)/t12-,13?/m1/s1. The monoisotopic (exact) mass is 319 g/mol. The molecular weight excluding hydrogens is 294 g/mol. The third-order valence-electron chi connectivity index (χ3n) is 4.68. The molecule has 23 heavy (non-hydrogen) atoms. The topological polar surface area (TPSA) is 79.4 Å². The van der Waals surface area contributed by atoms with Crippen molar-refractivity contribution < 1.29 is 9.53 Å². The maximum Gasteiger partial charge on any atom is 0.288 e. The Kier molecular flexibility index (Phi) is 4.77. The van der Waals surface area contributed by atoms with Crippen LogP contribution >= 0.6 is 0 Å². The number of carbonyl (C=O) groups is 1. The van der Waals surface area contributed by atoms with E-state index in [4.69, 9.17) is 4.74 Å². The number of hydrogen-bond donors (Lipinski definition) is 2. The minimum atomic E-state index is -0.244. The molecule has 0 spiro atoms. The Balaban J connectivity index is 1.73. The second-order valence-electron chi connectivity index (χ2n) is 6.32. The van der Waals surface area contributed by atoms with Crippen molar-refractivity contribution >= 4 is 11.7 Å². The van der Waals surface area contributed by atoms with E-state index < -0.39 is 0 Å². The minimum absolute atomic E-state index is 0.242. The highest BCUT2D eigenvalue weighted by Crippen LogP contribution is 2.24. The number of rotatable bonds is 4. The van der Waals surface area contributed by atoms with Gasteiger partial charge in [0.15, 0.2) is 0 Å². The molecule has 1 unspecified atom stereocenters. The summed E-state index contributed by atoms with van der Waals surface area (Å²) in [6.07, 6.45) is 2.16. The van der Waals surface area contributed by atoms with Crippen molar-refractivity contribution in [2.45, 2.75) is 38.8 Å². The van der Waals surface area contributed by atoms with Crippen LogP contribution in [0.1, 0.15) is 34.7 Å². The van der Waals surface area contributed by atoms with Gasteiger partial charge in [-0.3, -0.25) is 4.79 Å². The molecule has 2 aliphatic rings. The number of ether oxygens (including phenoxy) is 1. The molecule has 0 bridgehead atoms. The van der Waals surface area contributed by atoms with E-state index in [2.05, 4.69) is 25.5 Å². The first-order valence-corrected chi connectivity index (χ1v) is 8.24. The van der Waals surface area contributed by atoms with Crippen LogP contribution in [0.3, 0.4) is 0 Å². The quantitative estimate of drug-likeness (QED) is 0.837. The lowest BCUT2D eigenvalue weighted by Gasteiger charge is -2.22. The Hall–Kier alpha value is -1.73. The van der Waals surface area contributed by atoms with Gasteiger partial charge in [0.2, 0.25) is 5.82 Å². The van der Waals surface area contributed by atoms with Crippen LogP contribution in [0.15, 0.2) is 0 Å². The van der Waals surface area contributed by atoms with Gasteiger partial charge in [-0.25, -0.2) is 9.97 Å². The van der Waals surface area contributed by atoms with Gasteiger partial charge in [0.25, 0.3) is 5.91 Å². The number of amides is 1. The lowest BCUT2D eigenvalue weighted by molar-refractivity contribution is 0.0952. The first-order valence-electron chi connectivity index (χ1n) is 8.24. The number of aromatic nitrogens is 2. The second kappa shape index (κ2) is 6.80. The van der Waals surface area contributed by atoms with Crippen molar-refractivity contribution in [2.24, 2.45) is 0 Å². The van der Waals surface area contributed by atoms with Gasteiger partial charge in [-0.1, -0.05) is 0 Å². The van der Waals surface area contributed by atoms with Gasteiger partial charge in [0.05, 0.1) is 6.61 Å². The SMILES string of the molecule is CNC(=O)c1nc(C)c(C)c(N2CC[C@@H](NC3CCOC3)C2)n1. The molecular formula is C16H25N5O2. The Morgan fingerprint density at radius 2 is 2.09 bits per heavy atom. The highest BCUT2D eigenvalue weighted by atomic mass is 16.5. The van der Waals surface area contributed by atoms with E-state index in [1.807, 2.05) is 13.8 Å². The first kappa shape index (κ1) is 16.1. The van der Waals surface area contributed by atoms with Crippen LogP contribution in [-0.2, 0) is 4.74 Å². The smallest absolute Gasteiger partial charge is 0.288 e. The highest BCUT2D eigenvalue weighted by Gasteiger charge is 2.28. The average Bonchev–Trinajstić information content (AvgIpc) is 3.21. The summed E-state index contributed by atoms with van der Waals surface area (Å²) in [4.78, 5) is 22.9. The van der Waals surface area contributed by atoms with Gasteiger partial charge in [0, 0.05) is 50.1 Å². The third-order valence-corrected chi connectivity index (χ3v) is 4.68. The molecule has 0 aliphatic carbocycles. The summed E-state index contributed by atoms with van der Waals surface area (Å²) in [6.45, 7) is 7.45. The molecule has 7 nitrogen and oxygen atoms in total. The molecule has 1 amide bonds. The third kappa shape index (κ3) is 3.45. The van der Waals surface area contributed by atoms with Crippen molar-refractivity contribution in [1.82, 2.24) is 20.6 Å². The fourth-order valence-electron chi connectivity index (χ4n) is 3.22. The molecule has 0 aromatic carbocycles. The summed E-state index contributed by atoms with van der Waals surface area (Å²) in [5.41, 5.74) is 1.90. The van der Waals surface area contributed by atoms with Crippen LogP contribution in [0.5, 0.6) is 0 Å². The Morgan fingerprint density at radius 3 is 2.78 bits per heavy atom. The Morgan fingerprint density at radius 1 is 1.26 bits per heavy atom. The second-order valence-corrected chi connectivity index (χ2v) is 6.32. The number of carbonyl (C=O) groups excluding carboxylic acids is 1. The van der Waals surface area contributed by atoms with Crippen LogP contribution in [-0.4, -0.2) is 61.3 Å². The average molecular weight is 319 g/mol. The number of anilines is 1. The maximum atomic E-state index is 11.9. The van der Waals surface area contributed by atoms with E-state index in [0.29, 0.717) is 12.1 Å². The van der Waals surface area contributed by atoms with E-state index in [-0.39, 0.29) is 11.7 Å². The molecule has 2 N–H and O–H groups in total. The predicted octanol–water partition coefficient (Wildman–Crippen LogP) is 0.410. The summed E-state index contributed by atoms with van der Waals surface area (Å²) in [5, 5.41) is 6.26. The molecule has 2 saturated heterocycles. The fourth-order valence-corrected chi connectivity index (χ4v) is 3.22. The summed E-state index contributed by atoms with van der Waals surface area (Å²) in [5.74, 6) is 0.876. The maximum absolute atomic E-state index is 11.9. The molecule has 3 heterocycles. The van der Waals surface area contributed by atoms with Crippen LogP contribution in [0.25, 0.3) is 0 Å². The van der Waals surface area contributed by atoms with Gasteiger partial charge in [-0.05, 0) is 26.7 Å². The Bertz CT molecular complexity index is 586. The molecule has 2 aliphatic heterocycles. The summed E-state index contributed by atoms with van der Waals surface area (Å²) in [7, 11) is 1.60. The van der Waals surface area contributed by atoms with Gasteiger partial charge in [-0.15, -0.1) is 0 Å². The molecule has 2 fully saturated rings. The summed E-state index contributed by atoms with van der Waals surface area (Å²) < 4.78 is 5.43. The molecule has 3 rings (SSSR count). The van der Waals surface area contributed by atoms with E-state index in [9.17, 15) is 4.79 Å². The zero-order valence-electron chi connectivity index (χ0n) is 14.1. The van der Waals surface area contributed by atoms with Crippen molar-refractivity contribution in [2.75, 3.05) is 38.3 Å². The normalized spacial score (nSPS) is 24.2. The lowest BCUT2D eigenvalue weighted by Crippen LogP contribution is -2.40. The van der Waals surface area contributed by atoms with Crippen molar-refractivity contribution in [1.29, 1.82) is 0 Å². The van der Waals surface area contributed by atoms with Crippen LogP contribution < -0.4 is 15.5 Å². The van der Waals surface area contributed by atoms with Gasteiger partial charge < -0.3 is 20.3 Å². The number of nitrogens with zero attached hydrogens (tertiary/aromatic N) is 3. The van der Waals surface area contributed by atoms with E-state index in [0.717, 1.165) is 56.2 Å². The predicted molar refractivity (Wildman–Crippen MR) is 87.9 cm³/mol. The minimum Gasteiger partial charge on any atom is -0.380 e. The molecule has 0 saturated carbocycles. The molecule has 126 valence electrons. The summed E-state index contributed by atoms with van der Waals surface area (Å²) >= 11 is 0. The molecule has 1 aromatic rings. The van der Waals surface area contributed by atoms with E-state index >= 15 is 0 Å². The summed E-state index contributed by atoms with van der Waals surface area (Å²) in [6, 6.07) is 0.912. The van der Waals surface area contributed by atoms with Gasteiger partial charge in [-0.2, -0.15) is 0 Å². The van der Waals surface area contributed by atoms with Gasteiger partial charge >= 0.3 is 0 Å². The lowest BCUT2D eigenvalue weighted by atomic mass is 10.2. The zero-order valence-corrected chi connectivity index (χ0v) is 14.1. The fraction of sp³-hybridized carbons (Fsp3) is 0.688.